The van der Waals surface area contributed by atoms with E-state index >= 15 is 0 Å². The summed E-state index contributed by atoms with van der Waals surface area (Å²) in [6, 6.07) is 8.49. The van der Waals surface area contributed by atoms with Crippen molar-refractivity contribution >= 4 is 17.4 Å². The molecule has 0 radical (unpaired) electrons. The maximum absolute atomic E-state index is 13.6. The van der Waals surface area contributed by atoms with Crippen LogP contribution in [0.5, 0.6) is 17.2 Å². The Kier molecular flexibility index (Phi) is 5.28. The molecule has 1 aliphatic carbocycles. The van der Waals surface area contributed by atoms with Crippen molar-refractivity contribution in [1.82, 2.24) is 0 Å². The van der Waals surface area contributed by atoms with E-state index in [9.17, 15) is 14.7 Å². The Morgan fingerprint density at radius 1 is 1.13 bits per heavy atom. The molecule has 3 atom stereocenters. The molecule has 30 heavy (non-hydrogen) atoms. The molecule has 2 N–H and O–H groups in total. The summed E-state index contributed by atoms with van der Waals surface area (Å²) in [5, 5.41) is 13.4. The van der Waals surface area contributed by atoms with Crippen molar-refractivity contribution in [2.45, 2.75) is 31.7 Å². The molecule has 0 bridgehead atoms. The number of ether oxygens (including phenoxy) is 3. The summed E-state index contributed by atoms with van der Waals surface area (Å²) < 4.78 is 17.0. The average Bonchev–Trinajstić information content (AvgIpc) is 3.02. The van der Waals surface area contributed by atoms with Crippen LogP contribution in [0.25, 0.3) is 0 Å². The lowest BCUT2D eigenvalue weighted by atomic mass is 9.77. The van der Waals surface area contributed by atoms with Crippen molar-refractivity contribution in [3.05, 3.63) is 47.0 Å². The van der Waals surface area contributed by atoms with Gasteiger partial charge in [0.05, 0.1) is 44.3 Å². The lowest BCUT2D eigenvalue weighted by Gasteiger charge is -2.34. The van der Waals surface area contributed by atoms with Gasteiger partial charge in [0.15, 0.2) is 17.3 Å². The number of carbonyl (C=O) groups excluding carboxylic acids is 1. The van der Waals surface area contributed by atoms with Crippen molar-refractivity contribution in [2.24, 2.45) is 5.92 Å². The van der Waals surface area contributed by atoms with Gasteiger partial charge in [0.25, 0.3) is 0 Å². The number of ketones is 1. The monoisotopic (exact) mass is 411 g/mol. The molecule has 2 aliphatic rings. The van der Waals surface area contributed by atoms with Gasteiger partial charge in [0.2, 0.25) is 5.75 Å². The number of fused-ring (bicyclic) bond motifs is 4. The number of carbonyl (C=O) groups is 2. The van der Waals surface area contributed by atoms with Crippen LogP contribution in [0.1, 0.15) is 53.2 Å². The number of carboxylic acid groups (broad SMARTS) is 1. The van der Waals surface area contributed by atoms with Gasteiger partial charge in [-0.2, -0.15) is 0 Å². The Hall–Kier alpha value is -3.22. The first-order valence-electron chi connectivity index (χ1n) is 10.1. The van der Waals surface area contributed by atoms with E-state index in [-0.39, 0.29) is 5.78 Å². The van der Waals surface area contributed by atoms with Crippen molar-refractivity contribution in [3.8, 4) is 17.2 Å². The standard InChI is InChI=1S/C23H25NO6/c1-4-5-10-30-22-17-13(11-15(28-2)21(22)29-3)19-18(20(17)25)16(23(26)27)12-8-6-7-9-14(12)24-19/h6-9,11,16,18-19,24H,4-5,10H2,1-3H3,(H,26,27)/t16-,18-,19-/m0/s1. The van der Waals surface area contributed by atoms with E-state index < -0.39 is 23.8 Å². The number of hydrogen-bond acceptors (Lipinski definition) is 6. The van der Waals surface area contributed by atoms with Crippen molar-refractivity contribution < 1.29 is 28.9 Å². The van der Waals surface area contributed by atoms with Crippen LogP contribution in [0.2, 0.25) is 0 Å². The number of benzene rings is 2. The van der Waals surface area contributed by atoms with Crippen LogP contribution in [-0.2, 0) is 4.79 Å². The smallest absolute Gasteiger partial charge is 0.311 e. The van der Waals surface area contributed by atoms with Crippen LogP contribution in [0.3, 0.4) is 0 Å². The Labute approximate surface area is 174 Å². The largest absolute Gasteiger partial charge is 0.493 e. The molecule has 2 aromatic rings. The topological polar surface area (TPSA) is 94.1 Å². The van der Waals surface area contributed by atoms with Gasteiger partial charge in [0.1, 0.15) is 0 Å². The van der Waals surface area contributed by atoms with E-state index in [1.165, 1.54) is 14.2 Å². The van der Waals surface area contributed by atoms with Crippen LogP contribution in [-0.4, -0.2) is 37.7 Å². The molecular weight excluding hydrogens is 386 g/mol. The number of aliphatic carboxylic acids is 1. The minimum atomic E-state index is -1.02. The molecule has 7 heteroatoms. The second-order valence-corrected chi connectivity index (χ2v) is 7.52. The summed E-state index contributed by atoms with van der Waals surface area (Å²) in [7, 11) is 3.02. The molecule has 0 unspecified atom stereocenters. The van der Waals surface area contributed by atoms with Gasteiger partial charge in [-0.15, -0.1) is 0 Å². The minimum Gasteiger partial charge on any atom is -0.493 e. The lowest BCUT2D eigenvalue weighted by molar-refractivity contribution is -0.140. The van der Waals surface area contributed by atoms with Crippen LogP contribution in [0, 0.1) is 5.92 Å². The normalized spacial score (nSPS) is 21.2. The number of unbranched alkanes of at least 4 members (excludes halogenated alkanes) is 1. The van der Waals surface area contributed by atoms with Crippen LogP contribution >= 0.6 is 0 Å². The number of para-hydroxylation sites is 1. The Balaban J connectivity index is 1.90. The van der Waals surface area contributed by atoms with Crippen molar-refractivity contribution in [1.29, 1.82) is 0 Å². The molecule has 4 rings (SSSR count). The van der Waals surface area contributed by atoms with Gasteiger partial charge < -0.3 is 24.6 Å². The SMILES string of the molecule is CCCCOc1c(OC)c(OC)cc2c1C(=O)[C@@H]1[C@H]2Nc2ccccc2[C@@H]1C(=O)O. The number of rotatable bonds is 7. The van der Waals surface area contributed by atoms with Crippen LogP contribution in [0.15, 0.2) is 30.3 Å². The zero-order chi connectivity index (χ0) is 21.4. The van der Waals surface area contributed by atoms with E-state index in [2.05, 4.69) is 12.2 Å². The molecular formula is C23H25NO6. The highest BCUT2D eigenvalue weighted by molar-refractivity contribution is 6.10. The molecule has 1 heterocycles. The molecule has 2 aromatic carbocycles. The Morgan fingerprint density at radius 3 is 2.57 bits per heavy atom. The molecule has 0 saturated heterocycles. The number of Topliss-reactive ketones (excluding diaryl/α,β-unsaturated/α-hetero) is 1. The second kappa shape index (κ2) is 7.89. The zero-order valence-electron chi connectivity index (χ0n) is 17.2. The first kappa shape index (κ1) is 20.1. The van der Waals surface area contributed by atoms with Gasteiger partial charge in [0, 0.05) is 5.69 Å². The maximum atomic E-state index is 13.6. The number of hydrogen-bond donors (Lipinski definition) is 2. The Morgan fingerprint density at radius 2 is 1.90 bits per heavy atom. The van der Waals surface area contributed by atoms with Crippen LogP contribution in [0.4, 0.5) is 5.69 Å². The number of nitrogens with one attached hydrogen (secondary N) is 1. The summed E-state index contributed by atoms with van der Waals surface area (Å²) in [6.07, 6.45) is 1.75. The number of anilines is 1. The fraction of sp³-hybridized carbons (Fsp3) is 0.391. The third-order valence-electron chi connectivity index (χ3n) is 5.88. The number of carboxylic acids is 1. The average molecular weight is 411 g/mol. The third kappa shape index (κ3) is 2.96. The molecule has 0 spiro atoms. The summed E-state index contributed by atoms with van der Waals surface area (Å²) in [5.74, 6) is -1.88. The first-order chi connectivity index (χ1) is 14.5. The summed E-state index contributed by atoms with van der Waals surface area (Å²) in [5.41, 5.74) is 2.38. The predicted molar refractivity (Wildman–Crippen MR) is 111 cm³/mol. The Bertz CT molecular complexity index is 1000. The van der Waals surface area contributed by atoms with E-state index in [1.807, 2.05) is 12.1 Å². The van der Waals surface area contributed by atoms with E-state index in [4.69, 9.17) is 14.2 Å². The third-order valence-corrected chi connectivity index (χ3v) is 5.88. The minimum absolute atomic E-state index is 0.253. The van der Waals surface area contributed by atoms with E-state index in [1.54, 1.807) is 18.2 Å². The van der Waals surface area contributed by atoms with Crippen molar-refractivity contribution in [3.63, 3.8) is 0 Å². The van der Waals surface area contributed by atoms with Gasteiger partial charge in [-0.1, -0.05) is 31.5 Å². The fourth-order valence-electron chi connectivity index (χ4n) is 4.51. The van der Waals surface area contributed by atoms with Crippen LogP contribution < -0.4 is 19.5 Å². The molecule has 0 amide bonds. The van der Waals surface area contributed by atoms with E-state index in [0.29, 0.717) is 40.5 Å². The molecule has 0 saturated carbocycles. The molecule has 1 aliphatic heterocycles. The molecule has 0 fully saturated rings. The quantitative estimate of drug-likeness (QED) is 0.664. The summed E-state index contributed by atoms with van der Waals surface area (Å²) in [6.45, 7) is 2.47. The predicted octanol–water partition coefficient (Wildman–Crippen LogP) is 4.03. The first-order valence-corrected chi connectivity index (χ1v) is 10.1. The zero-order valence-corrected chi connectivity index (χ0v) is 17.2. The molecule has 158 valence electrons. The van der Waals surface area contributed by atoms with Crippen molar-refractivity contribution in [2.75, 3.05) is 26.1 Å². The lowest BCUT2D eigenvalue weighted by Crippen LogP contribution is -2.35. The van der Waals surface area contributed by atoms with E-state index in [0.717, 1.165) is 18.5 Å². The summed E-state index contributed by atoms with van der Waals surface area (Å²) in [4.78, 5) is 25.8. The van der Waals surface area contributed by atoms with Gasteiger partial charge in [-0.25, -0.2) is 0 Å². The molecule has 0 aromatic heterocycles. The van der Waals surface area contributed by atoms with Gasteiger partial charge in [-0.05, 0) is 29.7 Å². The molecule has 7 nitrogen and oxygen atoms in total. The number of methoxy groups -OCH3 is 2. The fourth-order valence-corrected chi connectivity index (χ4v) is 4.51. The summed E-state index contributed by atoms with van der Waals surface area (Å²) >= 11 is 0. The van der Waals surface area contributed by atoms with Gasteiger partial charge >= 0.3 is 5.97 Å². The maximum Gasteiger partial charge on any atom is 0.311 e. The second-order valence-electron chi connectivity index (χ2n) is 7.52. The highest BCUT2D eigenvalue weighted by Gasteiger charge is 2.52. The highest BCUT2D eigenvalue weighted by atomic mass is 16.5. The highest BCUT2D eigenvalue weighted by Crippen LogP contribution is 2.56. The van der Waals surface area contributed by atoms with Gasteiger partial charge in [-0.3, -0.25) is 9.59 Å².